The molecule has 0 radical (unpaired) electrons. The zero-order valence-corrected chi connectivity index (χ0v) is 17.6. The van der Waals surface area contributed by atoms with Crippen LogP contribution in [0.5, 0.6) is 11.5 Å². The molecule has 1 aromatic heterocycles. The molecule has 0 spiro atoms. The van der Waals surface area contributed by atoms with Gasteiger partial charge in [-0.25, -0.2) is 9.48 Å². The molecule has 2 aromatic carbocycles. The summed E-state index contributed by atoms with van der Waals surface area (Å²) in [5.74, 6) is 1.43. The highest BCUT2D eigenvalue weighted by molar-refractivity contribution is 5.75. The van der Waals surface area contributed by atoms with E-state index >= 15 is 0 Å². The normalized spacial score (nSPS) is 14.3. The van der Waals surface area contributed by atoms with Crippen molar-refractivity contribution in [1.82, 2.24) is 20.4 Å². The summed E-state index contributed by atoms with van der Waals surface area (Å²) in [7, 11) is 0. The minimum Gasteiger partial charge on any atom is -0.454 e. The second kappa shape index (κ2) is 8.10. The van der Waals surface area contributed by atoms with Gasteiger partial charge < -0.3 is 20.1 Å². The SMILES string of the molecule is Cc1ccc(-n2ncc([C@H](C)NC(=O)N[C@@H](C)c3ccc4c(c3)OCO4)c2C)cc1. The van der Waals surface area contributed by atoms with E-state index in [9.17, 15) is 4.79 Å². The molecule has 4 rings (SSSR count). The van der Waals surface area contributed by atoms with Gasteiger partial charge in [0.2, 0.25) is 6.79 Å². The summed E-state index contributed by atoms with van der Waals surface area (Å²) >= 11 is 0. The number of urea groups is 1. The number of hydrogen-bond donors (Lipinski definition) is 2. The van der Waals surface area contributed by atoms with E-state index in [1.54, 1.807) is 6.20 Å². The molecule has 1 aliphatic rings. The van der Waals surface area contributed by atoms with Gasteiger partial charge in [-0.2, -0.15) is 5.10 Å². The number of fused-ring (bicyclic) bond motifs is 1. The highest BCUT2D eigenvalue weighted by Crippen LogP contribution is 2.34. The van der Waals surface area contributed by atoms with E-state index < -0.39 is 0 Å². The maximum absolute atomic E-state index is 12.6. The molecule has 30 heavy (non-hydrogen) atoms. The highest BCUT2D eigenvalue weighted by atomic mass is 16.7. The first kappa shape index (κ1) is 19.8. The number of amides is 2. The molecule has 2 atom stereocenters. The van der Waals surface area contributed by atoms with Crippen molar-refractivity contribution in [3.63, 3.8) is 0 Å². The van der Waals surface area contributed by atoms with Crippen molar-refractivity contribution < 1.29 is 14.3 Å². The van der Waals surface area contributed by atoms with Gasteiger partial charge in [0.15, 0.2) is 11.5 Å². The Bertz CT molecular complexity index is 1060. The van der Waals surface area contributed by atoms with Gasteiger partial charge in [-0.1, -0.05) is 23.8 Å². The number of nitrogens with zero attached hydrogens (tertiary/aromatic N) is 2. The van der Waals surface area contributed by atoms with Crippen molar-refractivity contribution in [2.24, 2.45) is 0 Å². The van der Waals surface area contributed by atoms with Crippen LogP contribution in [0.15, 0.2) is 48.7 Å². The summed E-state index contributed by atoms with van der Waals surface area (Å²) in [5, 5.41) is 10.5. The molecule has 0 fully saturated rings. The van der Waals surface area contributed by atoms with Crippen molar-refractivity contribution in [3.05, 3.63) is 71.0 Å². The Morgan fingerprint density at radius 2 is 1.70 bits per heavy atom. The fraction of sp³-hybridized carbons (Fsp3) is 0.304. The number of carbonyl (C=O) groups is 1. The Hall–Kier alpha value is -3.48. The summed E-state index contributed by atoms with van der Waals surface area (Å²) in [6.45, 7) is 8.18. The fourth-order valence-corrected chi connectivity index (χ4v) is 3.57. The molecule has 156 valence electrons. The molecule has 0 aliphatic carbocycles. The Kier molecular flexibility index (Phi) is 5.35. The predicted molar refractivity (Wildman–Crippen MR) is 114 cm³/mol. The van der Waals surface area contributed by atoms with Crippen LogP contribution < -0.4 is 20.1 Å². The standard InChI is InChI=1S/C23H26N4O3/c1-14-5-8-19(9-6-14)27-17(4)20(12-24-27)16(3)26-23(28)25-15(2)18-7-10-21-22(11-18)30-13-29-21/h5-12,15-16H,13H2,1-4H3,(H2,25,26,28)/t15-,16-/m0/s1. The first-order valence-corrected chi connectivity index (χ1v) is 10.0. The topological polar surface area (TPSA) is 77.4 Å². The third-order valence-electron chi connectivity index (χ3n) is 5.38. The third kappa shape index (κ3) is 3.96. The predicted octanol–water partition coefficient (Wildman–Crippen LogP) is 4.34. The molecule has 0 bridgehead atoms. The number of aromatic nitrogens is 2. The van der Waals surface area contributed by atoms with Gasteiger partial charge in [0.1, 0.15) is 0 Å². The molecule has 1 aliphatic heterocycles. The zero-order chi connectivity index (χ0) is 21.3. The average Bonchev–Trinajstić information content (AvgIpc) is 3.34. The molecule has 2 amide bonds. The van der Waals surface area contributed by atoms with Crippen molar-refractivity contribution >= 4 is 6.03 Å². The van der Waals surface area contributed by atoms with Gasteiger partial charge in [0.25, 0.3) is 0 Å². The second-order valence-corrected chi connectivity index (χ2v) is 7.61. The van der Waals surface area contributed by atoms with E-state index in [0.717, 1.165) is 28.3 Å². The first-order chi connectivity index (χ1) is 14.4. The zero-order valence-electron chi connectivity index (χ0n) is 17.6. The van der Waals surface area contributed by atoms with Crippen molar-refractivity contribution in [2.45, 2.75) is 39.8 Å². The van der Waals surface area contributed by atoms with E-state index in [1.165, 1.54) is 5.56 Å². The number of nitrogens with one attached hydrogen (secondary N) is 2. The van der Waals surface area contributed by atoms with Crippen LogP contribution >= 0.6 is 0 Å². The molecule has 7 nitrogen and oxygen atoms in total. The van der Waals surface area contributed by atoms with Gasteiger partial charge in [-0.3, -0.25) is 0 Å². The third-order valence-corrected chi connectivity index (χ3v) is 5.38. The first-order valence-electron chi connectivity index (χ1n) is 10.0. The van der Waals surface area contributed by atoms with Crippen molar-refractivity contribution in [1.29, 1.82) is 0 Å². The molecule has 0 saturated carbocycles. The Morgan fingerprint density at radius 1 is 1.00 bits per heavy atom. The largest absolute Gasteiger partial charge is 0.454 e. The van der Waals surface area contributed by atoms with Crippen LogP contribution in [-0.2, 0) is 0 Å². The van der Waals surface area contributed by atoms with Crippen LogP contribution in [0.4, 0.5) is 4.79 Å². The van der Waals surface area contributed by atoms with Crippen LogP contribution in [-0.4, -0.2) is 22.6 Å². The van der Waals surface area contributed by atoms with Gasteiger partial charge >= 0.3 is 6.03 Å². The Morgan fingerprint density at radius 3 is 2.47 bits per heavy atom. The van der Waals surface area contributed by atoms with Crippen LogP contribution in [0, 0.1) is 13.8 Å². The lowest BCUT2D eigenvalue weighted by molar-refractivity contribution is 0.174. The number of rotatable bonds is 5. The molecular weight excluding hydrogens is 380 g/mol. The minimum atomic E-state index is -0.241. The van der Waals surface area contributed by atoms with Crippen molar-refractivity contribution in [3.8, 4) is 17.2 Å². The molecule has 7 heteroatoms. The summed E-state index contributed by atoms with van der Waals surface area (Å²) in [4.78, 5) is 12.6. The fourth-order valence-electron chi connectivity index (χ4n) is 3.57. The maximum Gasteiger partial charge on any atom is 0.315 e. The summed E-state index contributed by atoms with van der Waals surface area (Å²) in [6, 6.07) is 13.3. The Balaban J connectivity index is 1.40. The highest BCUT2D eigenvalue weighted by Gasteiger charge is 2.19. The Labute approximate surface area is 176 Å². The number of benzene rings is 2. The number of ether oxygens (including phenoxy) is 2. The van der Waals surface area contributed by atoms with E-state index in [2.05, 4.69) is 34.8 Å². The number of hydrogen-bond acceptors (Lipinski definition) is 4. The summed E-state index contributed by atoms with van der Waals surface area (Å²) in [5.41, 5.74) is 5.12. The smallest absolute Gasteiger partial charge is 0.315 e. The van der Waals surface area contributed by atoms with Crippen LogP contribution in [0.25, 0.3) is 5.69 Å². The molecule has 2 N–H and O–H groups in total. The number of carbonyl (C=O) groups excluding carboxylic acids is 1. The van der Waals surface area contributed by atoms with Crippen LogP contribution in [0.2, 0.25) is 0 Å². The number of aryl methyl sites for hydroxylation is 1. The molecule has 0 unspecified atom stereocenters. The van der Waals surface area contributed by atoms with E-state index in [0.29, 0.717) is 5.75 Å². The lowest BCUT2D eigenvalue weighted by atomic mass is 10.1. The van der Waals surface area contributed by atoms with Gasteiger partial charge in [-0.15, -0.1) is 0 Å². The van der Waals surface area contributed by atoms with Crippen LogP contribution in [0.1, 0.15) is 48.3 Å². The van der Waals surface area contributed by atoms with Crippen molar-refractivity contribution in [2.75, 3.05) is 6.79 Å². The quantitative estimate of drug-likeness (QED) is 0.661. The monoisotopic (exact) mass is 406 g/mol. The minimum absolute atomic E-state index is 0.178. The van der Waals surface area contributed by atoms with E-state index in [-0.39, 0.29) is 24.9 Å². The van der Waals surface area contributed by atoms with Gasteiger partial charge in [0, 0.05) is 11.3 Å². The molecule has 2 heterocycles. The van der Waals surface area contributed by atoms with Gasteiger partial charge in [-0.05, 0) is 57.5 Å². The lowest BCUT2D eigenvalue weighted by Crippen LogP contribution is -2.38. The molecule has 3 aromatic rings. The van der Waals surface area contributed by atoms with Gasteiger partial charge in [0.05, 0.1) is 24.0 Å². The molecular formula is C23H26N4O3. The van der Waals surface area contributed by atoms with E-state index in [4.69, 9.17) is 9.47 Å². The van der Waals surface area contributed by atoms with E-state index in [1.807, 2.05) is 55.8 Å². The summed E-state index contributed by atoms with van der Waals surface area (Å²) in [6.07, 6.45) is 1.81. The lowest BCUT2D eigenvalue weighted by Gasteiger charge is -2.19. The van der Waals surface area contributed by atoms with Crippen LogP contribution in [0.3, 0.4) is 0 Å². The summed E-state index contributed by atoms with van der Waals surface area (Å²) < 4.78 is 12.6. The average molecular weight is 406 g/mol. The second-order valence-electron chi connectivity index (χ2n) is 7.61. The molecule has 0 saturated heterocycles. The maximum atomic E-state index is 12.6.